The molecule has 0 unspecified atom stereocenters. The van der Waals surface area contributed by atoms with Crippen molar-refractivity contribution in [2.24, 2.45) is 0 Å². The first-order valence-electron chi connectivity index (χ1n) is 6.15. The predicted octanol–water partition coefficient (Wildman–Crippen LogP) is 3.79. The second-order valence-corrected chi connectivity index (χ2v) is 4.65. The summed E-state index contributed by atoms with van der Waals surface area (Å²) in [5, 5.41) is 4.91. The first-order chi connectivity index (χ1) is 7.66. The normalized spacial score (nSPS) is 10.9. The number of nitrogens with zero attached hydrogens (tertiary/aromatic N) is 2. The molecule has 16 heavy (non-hydrogen) atoms. The van der Waals surface area contributed by atoms with Crippen LogP contribution in [0.5, 0.6) is 0 Å². The molecule has 1 aromatic rings. The summed E-state index contributed by atoms with van der Waals surface area (Å²) in [6.07, 6.45) is 7.66. The van der Waals surface area contributed by atoms with Crippen LogP contribution in [0.15, 0.2) is 0 Å². The molecule has 2 N–H and O–H groups in total. The van der Waals surface area contributed by atoms with Crippen LogP contribution >= 0.6 is 11.6 Å². The van der Waals surface area contributed by atoms with Crippen molar-refractivity contribution in [1.29, 1.82) is 0 Å². The van der Waals surface area contributed by atoms with Crippen LogP contribution in [0.4, 0.5) is 5.82 Å². The van der Waals surface area contributed by atoms with Crippen LogP contribution in [0.1, 0.15) is 51.1 Å². The Morgan fingerprint density at radius 3 is 2.38 bits per heavy atom. The Hall–Kier alpha value is -0.700. The van der Waals surface area contributed by atoms with E-state index in [1.54, 1.807) is 0 Å². The molecular weight excluding hydrogens is 222 g/mol. The second-order valence-electron chi connectivity index (χ2n) is 4.28. The number of nitrogen functional groups attached to an aromatic ring is 1. The highest BCUT2D eigenvalue weighted by Crippen LogP contribution is 2.22. The maximum Gasteiger partial charge on any atom is 0.140 e. The van der Waals surface area contributed by atoms with E-state index in [0.717, 1.165) is 18.7 Å². The number of anilines is 1. The first-order valence-corrected chi connectivity index (χ1v) is 6.53. The quantitative estimate of drug-likeness (QED) is 0.741. The maximum absolute atomic E-state index is 5.97. The molecule has 0 aliphatic heterocycles. The van der Waals surface area contributed by atoms with E-state index < -0.39 is 0 Å². The Bertz CT molecular complexity index is 320. The molecule has 0 aliphatic rings. The van der Waals surface area contributed by atoms with Crippen LogP contribution in [0, 0.1) is 6.92 Å². The zero-order chi connectivity index (χ0) is 12.0. The van der Waals surface area contributed by atoms with E-state index in [1.165, 1.54) is 32.1 Å². The molecular formula is C12H22ClN3. The summed E-state index contributed by atoms with van der Waals surface area (Å²) in [4.78, 5) is 0. The SMILES string of the molecule is CCCCCCCCn1nc(C)c(Cl)c1N. The fraction of sp³-hybridized carbons (Fsp3) is 0.750. The van der Waals surface area contributed by atoms with E-state index >= 15 is 0 Å². The molecule has 92 valence electrons. The Morgan fingerprint density at radius 2 is 1.81 bits per heavy atom. The third-order valence-electron chi connectivity index (χ3n) is 2.81. The van der Waals surface area contributed by atoms with Gasteiger partial charge in [0.2, 0.25) is 0 Å². The molecule has 0 spiro atoms. The van der Waals surface area contributed by atoms with Gasteiger partial charge in [0.15, 0.2) is 0 Å². The van der Waals surface area contributed by atoms with Crippen molar-refractivity contribution in [3.63, 3.8) is 0 Å². The van der Waals surface area contributed by atoms with Gasteiger partial charge in [0.05, 0.1) is 5.69 Å². The number of hydrogen-bond donors (Lipinski definition) is 1. The van der Waals surface area contributed by atoms with E-state index in [2.05, 4.69) is 12.0 Å². The zero-order valence-corrected chi connectivity index (χ0v) is 11.1. The number of hydrogen-bond acceptors (Lipinski definition) is 2. The lowest BCUT2D eigenvalue weighted by atomic mass is 10.1. The largest absolute Gasteiger partial charge is 0.383 e. The lowest BCUT2D eigenvalue weighted by molar-refractivity contribution is 0.530. The van der Waals surface area contributed by atoms with Gasteiger partial charge in [-0.05, 0) is 13.3 Å². The molecule has 0 aliphatic carbocycles. The highest BCUT2D eigenvalue weighted by molar-refractivity contribution is 6.33. The fourth-order valence-electron chi connectivity index (χ4n) is 1.79. The lowest BCUT2D eigenvalue weighted by Gasteiger charge is -2.03. The zero-order valence-electron chi connectivity index (χ0n) is 10.3. The van der Waals surface area contributed by atoms with Gasteiger partial charge in [-0.25, -0.2) is 4.68 Å². The van der Waals surface area contributed by atoms with E-state index in [1.807, 2.05) is 11.6 Å². The number of halogens is 1. The molecule has 0 bridgehead atoms. The Balaban J connectivity index is 2.24. The summed E-state index contributed by atoms with van der Waals surface area (Å²) in [5.41, 5.74) is 6.66. The van der Waals surface area contributed by atoms with Gasteiger partial charge in [-0.3, -0.25) is 0 Å². The Morgan fingerprint density at radius 1 is 1.19 bits per heavy atom. The predicted molar refractivity (Wildman–Crippen MR) is 69.8 cm³/mol. The van der Waals surface area contributed by atoms with Gasteiger partial charge in [0.1, 0.15) is 10.8 Å². The van der Waals surface area contributed by atoms with Crippen LogP contribution < -0.4 is 5.73 Å². The number of nitrogens with two attached hydrogens (primary N) is 1. The van der Waals surface area contributed by atoms with Crippen molar-refractivity contribution in [2.45, 2.75) is 58.9 Å². The van der Waals surface area contributed by atoms with Crippen molar-refractivity contribution in [3.8, 4) is 0 Å². The van der Waals surface area contributed by atoms with Crippen molar-refractivity contribution in [1.82, 2.24) is 9.78 Å². The number of unbranched alkanes of at least 4 members (excludes halogenated alkanes) is 5. The van der Waals surface area contributed by atoms with Crippen molar-refractivity contribution < 1.29 is 0 Å². The summed E-state index contributed by atoms with van der Waals surface area (Å²) in [6, 6.07) is 0. The van der Waals surface area contributed by atoms with Gasteiger partial charge < -0.3 is 5.73 Å². The molecule has 0 aromatic carbocycles. The van der Waals surface area contributed by atoms with Gasteiger partial charge in [0, 0.05) is 6.54 Å². The minimum Gasteiger partial charge on any atom is -0.383 e. The average molecular weight is 244 g/mol. The summed E-state index contributed by atoms with van der Waals surface area (Å²) in [6.45, 7) is 5.00. The smallest absolute Gasteiger partial charge is 0.140 e. The topological polar surface area (TPSA) is 43.8 Å². The second kappa shape index (κ2) is 6.79. The highest BCUT2D eigenvalue weighted by Gasteiger charge is 2.08. The molecule has 3 nitrogen and oxygen atoms in total. The van der Waals surface area contributed by atoms with E-state index in [-0.39, 0.29) is 0 Å². The number of rotatable bonds is 7. The third-order valence-corrected chi connectivity index (χ3v) is 3.28. The summed E-state index contributed by atoms with van der Waals surface area (Å²) in [5.74, 6) is 0.604. The lowest BCUT2D eigenvalue weighted by Crippen LogP contribution is -2.04. The fourth-order valence-corrected chi connectivity index (χ4v) is 1.93. The highest BCUT2D eigenvalue weighted by atomic mass is 35.5. The number of aryl methyl sites for hydroxylation is 2. The number of aromatic nitrogens is 2. The Kier molecular flexibility index (Phi) is 5.67. The monoisotopic (exact) mass is 243 g/mol. The van der Waals surface area contributed by atoms with E-state index in [9.17, 15) is 0 Å². The summed E-state index contributed by atoms with van der Waals surface area (Å²) < 4.78 is 1.82. The van der Waals surface area contributed by atoms with E-state index in [0.29, 0.717) is 10.8 Å². The molecule has 0 fully saturated rings. The van der Waals surface area contributed by atoms with Gasteiger partial charge in [-0.1, -0.05) is 50.6 Å². The molecule has 0 saturated heterocycles. The van der Waals surface area contributed by atoms with Crippen LogP contribution in [0.25, 0.3) is 0 Å². The average Bonchev–Trinajstić information content (AvgIpc) is 2.51. The first kappa shape index (κ1) is 13.4. The van der Waals surface area contributed by atoms with Crippen LogP contribution in [-0.4, -0.2) is 9.78 Å². The van der Waals surface area contributed by atoms with Crippen molar-refractivity contribution in [2.75, 3.05) is 5.73 Å². The van der Waals surface area contributed by atoms with Gasteiger partial charge in [0.25, 0.3) is 0 Å². The third kappa shape index (κ3) is 3.71. The molecule has 0 saturated carbocycles. The standard InChI is InChI=1S/C12H22ClN3/c1-3-4-5-6-7-8-9-16-12(14)11(13)10(2)15-16/h3-9,14H2,1-2H3. The molecule has 4 heteroatoms. The van der Waals surface area contributed by atoms with E-state index in [4.69, 9.17) is 17.3 Å². The molecule has 1 aromatic heterocycles. The summed E-state index contributed by atoms with van der Waals surface area (Å²) >= 11 is 5.97. The molecule has 0 radical (unpaired) electrons. The summed E-state index contributed by atoms with van der Waals surface area (Å²) in [7, 11) is 0. The Labute approximate surface area is 103 Å². The molecule has 0 atom stereocenters. The molecule has 1 heterocycles. The van der Waals surface area contributed by atoms with Crippen molar-refractivity contribution >= 4 is 17.4 Å². The van der Waals surface area contributed by atoms with Gasteiger partial charge >= 0.3 is 0 Å². The maximum atomic E-state index is 5.97. The minimum absolute atomic E-state index is 0.603. The molecule has 1 rings (SSSR count). The van der Waals surface area contributed by atoms with Gasteiger partial charge in [-0.15, -0.1) is 0 Å². The van der Waals surface area contributed by atoms with Crippen LogP contribution in [0.3, 0.4) is 0 Å². The van der Waals surface area contributed by atoms with Gasteiger partial charge in [-0.2, -0.15) is 5.10 Å². The minimum atomic E-state index is 0.603. The molecule has 0 amide bonds. The van der Waals surface area contributed by atoms with Crippen molar-refractivity contribution in [3.05, 3.63) is 10.7 Å². The van der Waals surface area contributed by atoms with Crippen LogP contribution in [0.2, 0.25) is 5.02 Å². The van der Waals surface area contributed by atoms with Crippen LogP contribution in [-0.2, 0) is 6.54 Å².